The van der Waals surface area contributed by atoms with Crippen LogP contribution in [0.5, 0.6) is 5.75 Å². The summed E-state index contributed by atoms with van der Waals surface area (Å²) in [7, 11) is 0.752. The van der Waals surface area contributed by atoms with E-state index in [1.54, 1.807) is 37.5 Å². The smallest absolute Gasteiger partial charge is 0.248 e. The van der Waals surface area contributed by atoms with Gasteiger partial charge in [-0.2, -0.15) is 0 Å². The first-order chi connectivity index (χ1) is 12.3. The van der Waals surface area contributed by atoms with Crippen LogP contribution < -0.4 is 10.1 Å². The van der Waals surface area contributed by atoms with E-state index in [1.807, 2.05) is 12.1 Å². The summed E-state index contributed by atoms with van der Waals surface area (Å²) in [6, 6.07) is 11.7. The van der Waals surface area contributed by atoms with E-state index in [0.29, 0.717) is 11.3 Å². The van der Waals surface area contributed by atoms with Gasteiger partial charge in [0.15, 0.2) is 0 Å². The summed E-state index contributed by atoms with van der Waals surface area (Å²) in [4.78, 5) is 12.3. The molecule has 138 valence electrons. The number of hydrogen-bond acceptors (Lipinski definition) is 4. The molecule has 2 aromatic carbocycles. The molecule has 26 heavy (non-hydrogen) atoms. The summed E-state index contributed by atoms with van der Waals surface area (Å²) in [5, 5.41) is 2.61. The lowest BCUT2D eigenvalue weighted by molar-refractivity contribution is -0.111. The first-order valence-electron chi connectivity index (χ1n) is 7.60. The summed E-state index contributed by atoms with van der Waals surface area (Å²) in [6.07, 6.45) is 2.92. The van der Waals surface area contributed by atoms with Gasteiger partial charge in [-0.15, -0.1) is 0 Å². The number of methoxy groups -OCH3 is 1. The number of carbonyl (C=O) groups excluding carboxylic acids is 1. The molecule has 0 aromatic heterocycles. The Kier molecular flexibility index (Phi) is 6.57. The Morgan fingerprint density at radius 3 is 2.54 bits per heavy atom. The lowest BCUT2D eigenvalue weighted by Gasteiger charge is -2.15. The standard InChI is InChI=1S/C18H19BrN2O4S/c1-21(2)26(23,24)17-7-5-4-6-15(17)20-18(22)11-8-13-12-14(19)9-10-16(13)25-3/h4-12H,1-3H3,(H,20,22)/b11-8+. The molecule has 1 N–H and O–H groups in total. The molecule has 0 radical (unpaired) electrons. The predicted octanol–water partition coefficient (Wildman–Crippen LogP) is 3.36. The minimum Gasteiger partial charge on any atom is -0.496 e. The molecule has 0 saturated carbocycles. The fourth-order valence-electron chi connectivity index (χ4n) is 2.17. The van der Waals surface area contributed by atoms with Crippen LogP contribution in [0.2, 0.25) is 0 Å². The van der Waals surface area contributed by atoms with E-state index < -0.39 is 15.9 Å². The number of para-hydroxylation sites is 1. The number of anilines is 1. The molecule has 0 aliphatic rings. The number of amides is 1. The second-order valence-electron chi connectivity index (χ2n) is 5.49. The van der Waals surface area contributed by atoms with Crippen molar-refractivity contribution < 1.29 is 17.9 Å². The van der Waals surface area contributed by atoms with Crippen molar-refractivity contribution in [1.29, 1.82) is 0 Å². The van der Waals surface area contributed by atoms with Gasteiger partial charge >= 0.3 is 0 Å². The first-order valence-corrected chi connectivity index (χ1v) is 9.83. The minimum atomic E-state index is -3.67. The summed E-state index contributed by atoms with van der Waals surface area (Å²) in [5.41, 5.74) is 0.934. The maximum absolute atomic E-state index is 12.4. The van der Waals surface area contributed by atoms with Crippen LogP contribution in [-0.4, -0.2) is 39.8 Å². The van der Waals surface area contributed by atoms with Crippen molar-refractivity contribution >= 4 is 43.6 Å². The second kappa shape index (κ2) is 8.48. The van der Waals surface area contributed by atoms with Crippen molar-refractivity contribution in [2.45, 2.75) is 4.90 Å². The van der Waals surface area contributed by atoms with Crippen molar-refractivity contribution in [3.8, 4) is 5.75 Å². The SMILES string of the molecule is COc1ccc(Br)cc1/C=C/C(=O)Nc1ccccc1S(=O)(=O)N(C)C. The van der Waals surface area contributed by atoms with Gasteiger partial charge < -0.3 is 10.1 Å². The number of carbonyl (C=O) groups is 1. The maximum atomic E-state index is 12.4. The van der Waals surface area contributed by atoms with Crippen molar-refractivity contribution in [3.63, 3.8) is 0 Å². The van der Waals surface area contributed by atoms with E-state index >= 15 is 0 Å². The number of hydrogen-bond donors (Lipinski definition) is 1. The van der Waals surface area contributed by atoms with Crippen molar-refractivity contribution in [1.82, 2.24) is 4.31 Å². The Morgan fingerprint density at radius 1 is 1.19 bits per heavy atom. The van der Waals surface area contributed by atoms with E-state index in [4.69, 9.17) is 4.74 Å². The monoisotopic (exact) mass is 438 g/mol. The number of nitrogens with zero attached hydrogens (tertiary/aromatic N) is 1. The minimum absolute atomic E-state index is 0.0341. The van der Waals surface area contributed by atoms with Crippen LogP contribution in [0.1, 0.15) is 5.56 Å². The quantitative estimate of drug-likeness (QED) is 0.701. The average molecular weight is 439 g/mol. The van der Waals surface area contributed by atoms with Gasteiger partial charge in [-0.1, -0.05) is 28.1 Å². The van der Waals surface area contributed by atoms with Gasteiger partial charge in [0.2, 0.25) is 15.9 Å². The fourth-order valence-corrected chi connectivity index (χ4v) is 3.59. The molecular weight excluding hydrogens is 420 g/mol. The van der Waals surface area contributed by atoms with Crippen LogP contribution in [0.25, 0.3) is 6.08 Å². The van der Waals surface area contributed by atoms with Crippen LogP contribution in [0.4, 0.5) is 5.69 Å². The van der Waals surface area contributed by atoms with Crippen LogP contribution >= 0.6 is 15.9 Å². The van der Waals surface area contributed by atoms with E-state index in [2.05, 4.69) is 21.2 Å². The largest absolute Gasteiger partial charge is 0.496 e. The zero-order chi connectivity index (χ0) is 19.3. The number of rotatable bonds is 6. The number of halogens is 1. The maximum Gasteiger partial charge on any atom is 0.248 e. The fraction of sp³-hybridized carbons (Fsp3) is 0.167. The lowest BCUT2D eigenvalue weighted by Crippen LogP contribution is -2.24. The molecule has 2 rings (SSSR count). The van der Waals surface area contributed by atoms with Gasteiger partial charge in [0, 0.05) is 30.2 Å². The molecule has 0 spiro atoms. The zero-order valence-electron chi connectivity index (χ0n) is 14.6. The Labute approximate surface area is 161 Å². The molecule has 2 aromatic rings. The Hall–Kier alpha value is -2.16. The number of nitrogens with one attached hydrogen (secondary N) is 1. The summed E-state index contributed by atoms with van der Waals surface area (Å²) in [5.74, 6) is 0.168. The molecular formula is C18H19BrN2O4S. The number of sulfonamides is 1. The van der Waals surface area contributed by atoms with Crippen molar-refractivity contribution in [2.24, 2.45) is 0 Å². The van der Waals surface area contributed by atoms with E-state index in [0.717, 1.165) is 8.78 Å². The van der Waals surface area contributed by atoms with E-state index in [-0.39, 0.29) is 10.6 Å². The van der Waals surface area contributed by atoms with Crippen molar-refractivity contribution in [3.05, 3.63) is 58.6 Å². The topological polar surface area (TPSA) is 75.7 Å². The third kappa shape index (κ3) is 4.72. The summed E-state index contributed by atoms with van der Waals surface area (Å²) >= 11 is 3.37. The molecule has 0 atom stereocenters. The molecule has 1 amide bonds. The highest BCUT2D eigenvalue weighted by molar-refractivity contribution is 9.10. The van der Waals surface area contributed by atoms with Gasteiger partial charge in [0.25, 0.3) is 0 Å². The predicted molar refractivity (Wildman–Crippen MR) is 106 cm³/mol. The second-order valence-corrected chi connectivity index (χ2v) is 8.53. The zero-order valence-corrected chi connectivity index (χ0v) is 17.0. The molecule has 0 bridgehead atoms. The van der Waals surface area contributed by atoms with E-state index in [9.17, 15) is 13.2 Å². The summed E-state index contributed by atoms with van der Waals surface area (Å²) < 4.78 is 31.9. The molecule has 6 nitrogen and oxygen atoms in total. The third-order valence-corrected chi connectivity index (χ3v) is 5.88. The van der Waals surface area contributed by atoms with Gasteiger partial charge in [0.05, 0.1) is 12.8 Å². The Bertz CT molecular complexity index is 940. The van der Waals surface area contributed by atoms with E-state index in [1.165, 1.54) is 26.2 Å². The highest BCUT2D eigenvalue weighted by atomic mass is 79.9. The normalized spacial score (nSPS) is 11.7. The van der Waals surface area contributed by atoms with Crippen LogP contribution in [0, 0.1) is 0 Å². The molecule has 0 saturated heterocycles. The van der Waals surface area contributed by atoms with Crippen LogP contribution in [0.15, 0.2) is 57.9 Å². The Morgan fingerprint density at radius 2 is 1.88 bits per heavy atom. The molecule has 0 aliphatic heterocycles. The van der Waals surface area contributed by atoms with Crippen LogP contribution in [-0.2, 0) is 14.8 Å². The molecule has 0 heterocycles. The van der Waals surface area contributed by atoms with Gasteiger partial charge in [0.1, 0.15) is 10.6 Å². The number of ether oxygens (including phenoxy) is 1. The highest BCUT2D eigenvalue weighted by Gasteiger charge is 2.21. The van der Waals surface area contributed by atoms with Crippen molar-refractivity contribution in [2.75, 3.05) is 26.5 Å². The van der Waals surface area contributed by atoms with Crippen LogP contribution in [0.3, 0.4) is 0 Å². The van der Waals surface area contributed by atoms with Gasteiger partial charge in [-0.05, 0) is 36.4 Å². The summed E-state index contributed by atoms with van der Waals surface area (Å²) in [6.45, 7) is 0. The van der Waals surface area contributed by atoms with Gasteiger partial charge in [-0.25, -0.2) is 12.7 Å². The molecule has 0 unspecified atom stereocenters. The average Bonchev–Trinajstić information content (AvgIpc) is 2.60. The highest BCUT2D eigenvalue weighted by Crippen LogP contribution is 2.25. The molecule has 8 heteroatoms. The lowest BCUT2D eigenvalue weighted by atomic mass is 10.2. The first kappa shape index (κ1) is 20.2. The molecule has 0 fully saturated rings. The third-order valence-electron chi connectivity index (χ3n) is 3.51. The Balaban J connectivity index is 2.26. The van der Waals surface area contributed by atoms with Gasteiger partial charge in [-0.3, -0.25) is 4.79 Å². The molecule has 0 aliphatic carbocycles. The number of benzene rings is 2.